The Bertz CT molecular complexity index is 240. The van der Waals surface area contributed by atoms with Crippen LogP contribution in [-0.2, 0) is 0 Å². The molecule has 5 nitrogen and oxygen atoms in total. The van der Waals surface area contributed by atoms with Crippen LogP contribution in [-0.4, -0.2) is 22.1 Å². The van der Waals surface area contributed by atoms with Crippen molar-refractivity contribution in [2.24, 2.45) is 10.7 Å². The second-order valence-electron chi connectivity index (χ2n) is 2.67. The number of rotatable bonds is 0. The molecule has 0 saturated heterocycles. The van der Waals surface area contributed by atoms with Gasteiger partial charge in [-0.05, 0) is 23.6 Å². The van der Waals surface area contributed by atoms with E-state index in [2.05, 4.69) is 4.99 Å². The van der Waals surface area contributed by atoms with Crippen LogP contribution in [0.4, 0.5) is 0 Å². The summed E-state index contributed by atoms with van der Waals surface area (Å²) < 4.78 is 0.488. The highest BCUT2D eigenvalue weighted by Gasteiger charge is 2.46. The van der Waals surface area contributed by atoms with Crippen molar-refractivity contribution < 1.29 is 4.76 Å². The molecular formula is C5H9N4O+. The lowest BCUT2D eigenvalue weighted by atomic mass is 10.1. The normalized spacial score (nSPS) is 23.2. The van der Waals surface area contributed by atoms with Crippen molar-refractivity contribution in [2.45, 2.75) is 19.4 Å². The summed E-state index contributed by atoms with van der Waals surface area (Å²) in [6.45, 7) is 3.25. The predicted molar refractivity (Wildman–Crippen MR) is 37.1 cm³/mol. The molecule has 0 radical (unpaired) electrons. The molecular weight excluding hydrogens is 132 g/mol. The van der Waals surface area contributed by atoms with Gasteiger partial charge in [0.1, 0.15) is 0 Å². The van der Waals surface area contributed by atoms with E-state index in [1.807, 2.05) is 0 Å². The van der Waals surface area contributed by atoms with Gasteiger partial charge in [0.2, 0.25) is 11.4 Å². The summed E-state index contributed by atoms with van der Waals surface area (Å²) in [4.78, 5) is 14.4. The van der Waals surface area contributed by atoms with Crippen LogP contribution in [0.15, 0.2) is 4.99 Å². The first kappa shape index (κ1) is 6.85. The van der Waals surface area contributed by atoms with Crippen LogP contribution in [0.25, 0.3) is 0 Å². The first-order chi connectivity index (χ1) is 4.46. The smallest absolute Gasteiger partial charge is 0.370 e. The standard InChI is InChI=1S/C5H9N4O/c1-5(2)3(6)8-4(7)9(5)10/h1-2H3,(H3,6,7,8)/q+1. The molecule has 3 N–H and O–H groups in total. The Kier molecular flexibility index (Phi) is 1.11. The summed E-state index contributed by atoms with van der Waals surface area (Å²) >= 11 is 0. The Morgan fingerprint density at radius 2 is 2.20 bits per heavy atom. The molecule has 0 unspecified atom stereocenters. The number of amidine groups is 1. The van der Waals surface area contributed by atoms with Gasteiger partial charge >= 0.3 is 5.96 Å². The molecule has 1 rings (SSSR count). The fourth-order valence-electron chi connectivity index (χ4n) is 0.665. The van der Waals surface area contributed by atoms with E-state index in [0.29, 0.717) is 4.76 Å². The van der Waals surface area contributed by atoms with Crippen molar-refractivity contribution in [1.29, 1.82) is 5.41 Å². The first-order valence-corrected chi connectivity index (χ1v) is 2.87. The molecule has 1 aliphatic rings. The van der Waals surface area contributed by atoms with Crippen molar-refractivity contribution in [1.82, 2.24) is 0 Å². The summed E-state index contributed by atoms with van der Waals surface area (Å²) in [5.41, 5.74) is 4.52. The molecule has 1 heterocycles. The molecule has 0 bridgehead atoms. The molecule has 1 aliphatic heterocycles. The Labute approximate surface area is 58.0 Å². The highest BCUT2D eigenvalue weighted by molar-refractivity contribution is 6.00. The van der Waals surface area contributed by atoms with Gasteiger partial charge in [-0.1, -0.05) is 4.91 Å². The average Bonchev–Trinajstić information content (AvgIpc) is 1.97. The lowest BCUT2D eigenvalue weighted by Crippen LogP contribution is -2.42. The van der Waals surface area contributed by atoms with E-state index in [1.54, 1.807) is 13.8 Å². The third kappa shape index (κ3) is 0.632. The van der Waals surface area contributed by atoms with Crippen LogP contribution < -0.4 is 5.73 Å². The van der Waals surface area contributed by atoms with Gasteiger partial charge in [0, 0.05) is 0 Å². The van der Waals surface area contributed by atoms with Crippen LogP contribution in [0.1, 0.15) is 13.8 Å². The highest BCUT2D eigenvalue weighted by Crippen LogP contribution is 2.15. The first-order valence-electron chi connectivity index (χ1n) is 2.87. The van der Waals surface area contributed by atoms with E-state index >= 15 is 0 Å². The maximum Gasteiger partial charge on any atom is 0.464 e. The van der Waals surface area contributed by atoms with Crippen LogP contribution >= 0.6 is 0 Å². The van der Waals surface area contributed by atoms with Crippen LogP contribution in [0.2, 0.25) is 0 Å². The zero-order chi connectivity index (χ0) is 7.94. The van der Waals surface area contributed by atoms with Gasteiger partial charge in [-0.25, -0.2) is 0 Å². The maximum atomic E-state index is 10.9. The fourth-order valence-corrected chi connectivity index (χ4v) is 0.665. The molecule has 54 valence electrons. The summed E-state index contributed by atoms with van der Waals surface area (Å²) in [6.07, 6.45) is 0. The van der Waals surface area contributed by atoms with E-state index in [0.717, 1.165) is 0 Å². The van der Waals surface area contributed by atoms with Gasteiger partial charge in [-0.3, -0.25) is 0 Å². The number of nitrogens with one attached hydrogen (secondary N) is 1. The molecule has 0 aromatic heterocycles. The van der Waals surface area contributed by atoms with Gasteiger partial charge < -0.3 is 5.73 Å². The van der Waals surface area contributed by atoms with Crippen molar-refractivity contribution in [3.05, 3.63) is 4.91 Å². The van der Waals surface area contributed by atoms with E-state index < -0.39 is 5.54 Å². The second kappa shape index (κ2) is 1.62. The maximum absolute atomic E-state index is 10.9. The minimum Gasteiger partial charge on any atom is -0.370 e. The quantitative estimate of drug-likeness (QED) is 0.460. The predicted octanol–water partition coefficient (Wildman–Crippen LogP) is -0.151. The van der Waals surface area contributed by atoms with E-state index in [1.165, 1.54) is 0 Å². The number of nitrogens with zero attached hydrogens (tertiary/aromatic N) is 2. The minimum atomic E-state index is -0.836. The minimum absolute atomic E-state index is 0.201. The van der Waals surface area contributed by atoms with Crippen LogP contribution in [0.5, 0.6) is 0 Å². The summed E-state index contributed by atoms with van der Waals surface area (Å²) in [5, 5.41) is 6.99. The van der Waals surface area contributed by atoms with Crippen molar-refractivity contribution in [3.63, 3.8) is 0 Å². The monoisotopic (exact) mass is 141 g/mol. The Morgan fingerprint density at radius 1 is 1.70 bits per heavy atom. The molecule has 0 amide bonds. The number of nitroso groups, excluding NO2 is 1. The third-order valence-electron chi connectivity index (χ3n) is 1.55. The Morgan fingerprint density at radius 3 is 2.30 bits per heavy atom. The van der Waals surface area contributed by atoms with Gasteiger partial charge in [0.25, 0.3) is 0 Å². The third-order valence-corrected chi connectivity index (χ3v) is 1.55. The molecule has 0 aromatic carbocycles. The molecule has 0 saturated carbocycles. The largest absolute Gasteiger partial charge is 0.464 e. The average molecular weight is 141 g/mol. The second-order valence-corrected chi connectivity index (χ2v) is 2.67. The number of hydrogen-bond donors (Lipinski definition) is 2. The Hall–Kier alpha value is -1.26. The molecule has 10 heavy (non-hydrogen) atoms. The number of hydrogen-bond acceptors (Lipinski definition) is 3. The lowest BCUT2D eigenvalue weighted by Gasteiger charge is -2.08. The van der Waals surface area contributed by atoms with Gasteiger partial charge in [-0.2, -0.15) is 0 Å². The number of guanidine groups is 1. The van der Waals surface area contributed by atoms with E-state index in [9.17, 15) is 4.91 Å². The summed E-state index contributed by atoms with van der Waals surface area (Å²) in [7, 11) is 0. The zero-order valence-electron chi connectivity index (χ0n) is 5.88. The molecule has 0 atom stereocenters. The van der Waals surface area contributed by atoms with Crippen molar-refractivity contribution in [3.8, 4) is 0 Å². The van der Waals surface area contributed by atoms with Gasteiger partial charge in [0.15, 0.2) is 0 Å². The van der Waals surface area contributed by atoms with Crippen molar-refractivity contribution in [2.75, 3.05) is 0 Å². The number of aliphatic imine (C=N–C) groups is 1. The summed E-state index contributed by atoms with van der Waals surface area (Å²) in [5.74, 6) is -0.116. The highest BCUT2D eigenvalue weighted by atomic mass is 16.3. The van der Waals surface area contributed by atoms with Gasteiger partial charge in [-0.15, -0.1) is 5.41 Å². The van der Waals surface area contributed by atoms with E-state index in [4.69, 9.17) is 11.1 Å². The Balaban J connectivity index is 3.12. The molecule has 0 aromatic rings. The van der Waals surface area contributed by atoms with Crippen molar-refractivity contribution >= 4 is 11.8 Å². The van der Waals surface area contributed by atoms with Gasteiger partial charge in [0.05, 0.1) is 0 Å². The molecule has 0 fully saturated rings. The van der Waals surface area contributed by atoms with Crippen LogP contribution in [0.3, 0.4) is 0 Å². The zero-order valence-corrected chi connectivity index (χ0v) is 5.88. The summed E-state index contributed by atoms with van der Waals surface area (Å²) in [6, 6.07) is 0. The van der Waals surface area contributed by atoms with E-state index in [-0.39, 0.29) is 11.8 Å². The SMILES string of the molecule is CC1(C)C(N)=NC(=N)[N+]1=O. The molecule has 5 heteroatoms. The topological polar surface area (TPSA) is 82.3 Å². The lowest BCUT2D eigenvalue weighted by molar-refractivity contribution is -0.489. The fraction of sp³-hybridized carbons (Fsp3) is 0.600. The molecule has 0 aliphatic carbocycles. The van der Waals surface area contributed by atoms with Crippen LogP contribution in [0, 0.1) is 10.3 Å². The number of nitrogens with two attached hydrogens (primary N) is 1. The molecule has 0 spiro atoms.